The van der Waals surface area contributed by atoms with Crippen molar-refractivity contribution in [3.8, 4) is 0 Å². The Bertz CT molecular complexity index is 631. The van der Waals surface area contributed by atoms with E-state index in [4.69, 9.17) is 0 Å². The lowest BCUT2D eigenvalue weighted by molar-refractivity contribution is -0.132. The van der Waals surface area contributed by atoms with Crippen LogP contribution in [0.1, 0.15) is 56.3 Å². The topological polar surface area (TPSA) is 84.5 Å². The van der Waals surface area contributed by atoms with Gasteiger partial charge in [-0.1, -0.05) is 12.8 Å². The van der Waals surface area contributed by atoms with E-state index in [1.165, 1.54) is 7.11 Å². The van der Waals surface area contributed by atoms with Crippen LogP contribution in [0.2, 0.25) is 0 Å². The lowest BCUT2D eigenvalue weighted by Crippen LogP contribution is -2.40. The fourth-order valence-electron chi connectivity index (χ4n) is 3.29. The number of methoxy groups -OCH3 is 1. The molecule has 2 amide bonds. The summed E-state index contributed by atoms with van der Waals surface area (Å²) in [6.07, 6.45) is 3.53. The van der Waals surface area contributed by atoms with E-state index in [1.807, 2.05) is 13.8 Å². The van der Waals surface area contributed by atoms with Crippen LogP contribution in [-0.4, -0.2) is 30.9 Å². The van der Waals surface area contributed by atoms with E-state index < -0.39 is 11.4 Å². The molecule has 25 heavy (non-hydrogen) atoms. The molecule has 2 rings (SSSR count). The van der Waals surface area contributed by atoms with Crippen molar-refractivity contribution in [1.82, 2.24) is 5.32 Å². The molecule has 136 valence electrons. The summed E-state index contributed by atoms with van der Waals surface area (Å²) in [6, 6.07) is 6.60. The van der Waals surface area contributed by atoms with E-state index in [1.54, 1.807) is 24.3 Å². The predicted molar refractivity (Wildman–Crippen MR) is 95.2 cm³/mol. The summed E-state index contributed by atoms with van der Waals surface area (Å²) in [6.45, 7) is 3.81. The molecular formula is C19H26N2O4. The summed E-state index contributed by atoms with van der Waals surface area (Å²) in [5, 5.41) is 5.77. The average Bonchev–Trinajstić information content (AvgIpc) is 3.03. The third-order valence-electron chi connectivity index (χ3n) is 4.55. The van der Waals surface area contributed by atoms with E-state index in [0.29, 0.717) is 24.1 Å². The minimum atomic E-state index is -0.653. The number of nitrogens with one attached hydrogen (secondary N) is 2. The van der Waals surface area contributed by atoms with Crippen molar-refractivity contribution in [1.29, 1.82) is 0 Å². The molecule has 0 bridgehead atoms. The lowest BCUT2D eigenvalue weighted by Gasteiger charge is -2.27. The first-order chi connectivity index (χ1) is 11.9. The van der Waals surface area contributed by atoms with Gasteiger partial charge >= 0.3 is 5.97 Å². The monoisotopic (exact) mass is 346 g/mol. The van der Waals surface area contributed by atoms with Gasteiger partial charge in [-0.05, 0) is 51.0 Å². The SMILES string of the molecule is COC(=O)c1ccc(NC(=O)C2(CC(=O)NC(C)C)CCCC2)cc1. The van der Waals surface area contributed by atoms with Crippen molar-refractivity contribution >= 4 is 23.5 Å². The number of rotatable bonds is 6. The highest BCUT2D eigenvalue weighted by atomic mass is 16.5. The van der Waals surface area contributed by atoms with Crippen molar-refractivity contribution < 1.29 is 19.1 Å². The number of benzene rings is 1. The van der Waals surface area contributed by atoms with Gasteiger partial charge in [0.1, 0.15) is 0 Å². The highest BCUT2D eigenvalue weighted by molar-refractivity contribution is 5.98. The zero-order valence-corrected chi connectivity index (χ0v) is 15.1. The Kier molecular flexibility index (Phi) is 6.17. The number of amides is 2. The summed E-state index contributed by atoms with van der Waals surface area (Å²) in [7, 11) is 1.32. The number of hydrogen-bond acceptors (Lipinski definition) is 4. The van der Waals surface area contributed by atoms with Crippen LogP contribution >= 0.6 is 0 Å². The van der Waals surface area contributed by atoms with Gasteiger partial charge in [0.25, 0.3) is 0 Å². The maximum atomic E-state index is 12.9. The molecule has 0 atom stereocenters. The van der Waals surface area contributed by atoms with Crippen molar-refractivity contribution in [2.75, 3.05) is 12.4 Å². The van der Waals surface area contributed by atoms with Crippen molar-refractivity contribution in [3.05, 3.63) is 29.8 Å². The van der Waals surface area contributed by atoms with Crippen molar-refractivity contribution in [3.63, 3.8) is 0 Å². The summed E-state index contributed by atoms with van der Waals surface area (Å²) < 4.78 is 4.66. The van der Waals surface area contributed by atoms with E-state index >= 15 is 0 Å². The van der Waals surface area contributed by atoms with E-state index in [0.717, 1.165) is 12.8 Å². The van der Waals surface area contributed by atoms with E-state index in [2.05, 4.69) is 15.4 Å². The molecule has 0 saturated heterocycles. The van der Waals surface area contributed by atoms with E-state index in [9.17, 15) is 14.4 Å². The molecule has 0 spiro atoms. The molecule has 0 unspecified atom stereocenters. The normalized spacial score (nSPS) is 15.7. The summed E-state index contributed by atoms with van der Waals surface area (Å²) >= 11 is 0. The molecule has 1 aromatic rings. The highest BCUT2D eigenvalue weighted by Crippen LogP contribution is 2.42. The van der Waals surface area contributed by atoms with Crippen LogP contribution in [0.4, 0.5) is 5.69 Å². The summed E-state index contributed by atoms with van der Waals surface area (Å²) in [5.41, 5.74) is 0.376. The zero-order valence-electron chi connectivity index (χ0n) is 15.1. The van der Waals surface area contributed by atoms with Crippen LogP contribution in [0.5, 0.6) is 0 Å². The quantitative estimate of drug-likeness (QED) is 0.776. The van der Waals surface area contributed by atoms with Gasteiger partial charge in [-0.3, -0.25) is 9.59 Å². The molecule has 0 aliphatic heterocycles. The van der Waals surface area contributed by atoms with E-state index in [-0.39, 0.29) is 24.3 Å². The van der Waals surface area contributed by atoms with Gasteiger partial charge in [-0.2, -0.15) is 0 Å². The first-order valence-electron chi connectivity index (χ1n) is 8.65. The van der Waals surface area contributed by atoms with Gasteiger partial charge in [0.2, 0.25) is 11.8 Å². The molecule has 1 fully saturated rings. The molecular weight excluding hydrogens is 320 g/mol. The van der Waals surface area contributed by atoms with Crippen LogP contribution in [0, 0.1) is 5.41 Å². The summed E-state index contributed by atoms with van der Waals surface area (Å²) in [4.78, 5) is 36.5. The zero-order chi connectivity index (χ0) is 18.4. The molecule has 6 nitrogen and oxygen atoms in total. The Morgan fingerprint density at radius 3 is 2.24 bits per heavy atom. The second-order valence-corrected chi connectivity index (χ2v) is 6.91. The molecule has 0 heterocycles. The minimum absolute atomic E-state index is 0.0554. The molecule has 0 aromatic heterocycles. The maximum absolute atomic E-state index is 12.9. The number of esters is 1. The summed E-state index contributed by atoms with van der Waals surface area (Å²) in [5.74, 6) is -0.640. The van der Waals surface area contributed by atoms with Gasteiger partial charge in [0.05, 0.1) is 18.1 Å². The number of ether oxygens (including phenoxy) is 1. The Morgan fingerprint density at radius 2 is 1.72 bits per heavy atom. The van der Waals surface area contributed by atoms with Gasteiger partial charge in [-0.25, -0.2) is 4.79 Å². The lowest BCUT2D eigenvalue weighted by atomic mass is 9.81. The Hall–Kier alpha value is -2.37. The molecule has 1 aromatic carbocycles. The third-order valence-corrected chi connectivity index (χ3v) is 4.55. The molecule has 6 heteroatoms. The maximum Gasteiger partial charge on any atom is 0.337 e. The Labute approximate surface area is 148 Å². The number of carbonyl (C=O) groups is 3. The fourth-order valence-corrected chi connectivity index (χ4v) is 3.29. The molecule has 1 saturated carbocycles. The third kappa shape index (κ3) is 4.81. The van der Waals surface area contributed by atoms with Crippen LogP contribution in [0.15, 0.2) is 24.3 Å². The molecule has 1 aliphatic carbocycles. The number of carbonyl (C=O) groups excluding carboxylic acids is 3. The first kappa shape index (κ1) is 19.0. The van der Waals surface area contributed by atoms with Gasteiger partial charge < -0.3 is 15.4 Å². The minimum Gasteiger partial charge on any atom is -0.465 e. The van der Waals surface area contributed by atoms with Crippen LogP contribution in [0.25, 0.3) is 0 Å². The van der Waals surface area contributed by atoms with Gasteiger partial charge in [0, 0.05) is 18.2 Å². The second kappa shape index (κ2) is 8.14. The molecule has 1 aliphatic rings. The fraction of sp³-hybridized carbons (Fsp3) is 0.526. The Morgan fingerprint density at radius 1 is 1.12 bits per heavy atom. The predicted octanol–water partition coefficient (Wildman–Crippen LogP) is 2.89. The standard InChI is InChI=1S/C19H26N2O4/c1-13(2)20-16(22)12-19(10-4-5-11-19)18(24)21-15-8-6-14(7-9-15)17(23)25-3/h6-9,13H,4-5,10-12H2,1-3H3,(H,20,22)(H,21,24). The number of anilines is 1. The smallest absolute Gasteiger partial charge is 0.337 e. The highest BCUT2D eigenvalue weighted by Gasteiger charge is 2.42. The van der Waals surface area contributed by atoms with Crippen LogP contribution < -0.4 is 10.6 Å². The van der Waals surface area contributed by atoms with Crippen LogP contribution in [-0.2, 0) is 14.3 Å². The Balaban J connectivity index is 2.07. The first-order valence-corrected chi connectivity index (χ1v) is 8.65. The van der Waals surface area contributed by atoms with Gasteiger partial charge in [0.15, 0.2) is 0 Å². The largest absolute Gasteiger partial charge is 0.465 e. The van der Waals surface area contributed by atoms with Crippen LogP contribution in [0.3, 0.4) is 0 Å². The number of hydrogen-bond donors (Lipinski definition) is 2. The molecule has 2 N–H and O–H groups in total. The van der Waals surface area contributed by atoms with Crippen molar-refractivity contribution in [2.24, 2.45) is 5.41 Å². The second-order valence-electron chi connectivity index (χ2n) is 6.91. The van der Waals surface area contributed by atoms with Crippen molar-refractivity contribution in [2.45, 2.75) is 52.0 Å². The average molecular weight is 346 g/mol. The molecule has 0 radical (unpaired) electrons. The van der Waals surface area contributed by atoms with Gasteiger partial charge in [-0.15, -0.1) is 0 Å².